The van der Waals surface area contributed by atoms with E-state index in [2.05, 4.69) is 28.8 Å². The predicted octanol–water partition coefficient (Wildman–Crippen LogP) is 5.61. The topological polar surface area (TPSA) is 56.6 Å². The number of hydrogen-bond donors (Lipinski definition) is 0. The Morgan fingerprint density at radius 1 is 1.14 bits per heavy atom. The molecule has 5 rings (SSSR count). The minimum absolute atomic E-state index is 0.176. The average molecular weight is 476 g/mol. The first-order chi connectivity index (χ1) is 17.1. The maximum atomic E-state index is 12.8. The van der Waals surface area contributed by atoms with Crippen LogP contribution in [0.15, 0.2) is 42.6 Å². The zero-order chi connectivity index (χ0) is 24.2. The lowest BCUT2D eigenvalue weighted by molar-refractivity contribution is -0.124. The van der Waals surface area contributed by atoms with Crippen LogP contribution in [0.3, 0.4) is 0 Å². The molecule has 1 aromatic carbocycles. The van der Waals surface area contributed by atoms with Crippen LogP contribution in [0, 0.1) is 11.8 Å². The number of carbonyl (C=O) groups is 1. The molecule has 1 aliphatic heterocycles. The fourth-order valence-corrected chi connectivity index (χ4v) is 5.25. The summed E-state index contributed by atoms with van der Waals surface area (Å²) in [5.74, 6) is 1.99. The monoisotopic (exact) mass is 475 g/mol. The predicted molar refractivity (Wildman–Crippen MR) is 139 cm³/mol. The van der Waals surface area contributed by atoms with E-state index >= 15 is 0 Å². The molecule has 186 valence electrons. The molecular formula is C29H37N3O3. The van der Waals surface area contributed by atoms with Gasteiger partial charge in [-0.25, -0.2) is 4.98 Å². The van der Waals surface area contributed by atoms with Gasteiger partial charge < -0.3 is 18.9 Å². The minimum Gasteiger partial charge on any atom is -0.494 e. The summed E-state index contributed by atoms with van der Waals surface area (Å²) < 4.78 is 13.6. The van der Waals surface area contributed by atoms with E-state index in [1.807, 2.05) is 32.3 Å². The molecule has 0 unspecified atom stereocenters. The van der Waals surface area contributed by atoms with Crippen LogP contribution in [0.5, 0.6) is 5.75 Å². The van der Waals surface area contributed by atoms with Gasteiger partial charge in [0.25, 0.3) is 0 Å². The number of ether oxygens (including phenoxy) is 2. The number of benzene rings is 1. The van der Waals surface area contributed by atoms with Gasteiger partial charge in [-0.2, -0.15) is 0 Å². The van der Waals surface area contributed by atoms with Gasteiger partial charge in [0.05, 0.1) is 18.5 Å². The third-order valence-electron chi connectivity index (χ3n) is 7.70. The third kappa shape index (κ3) is 5.37. The Labute approximate surface area is 208 Å². The van der Waals surface area contributed by atoms with Crippen LogP contribution in [0.4, 0.5) is 5.69 Å². The van der Waals surface area contributed by atoms with Crippen LogP contribution in [0.2, 0.25) is 0 Å². The summed E-state index contributed by atoms with van der Waals surface area (Å²) in [6.07, 6.45) is 9.28. The van der Waals surface area contributed by atoms with Crippen molar-refractivity contribution in [3.8, 4) is 5.75 Å². The number of fused-ring (bicyclic) bond motifs is 1. The fourth-order valence-electron chi connectivity index (χ4n) is 5.25. The zero-order valence-electron chi connectivity index (χ0n) is 21.0. The normalized spacial score (nSPS) is 16.9. The summed E-state index contributed by atoms with van der Waals surface area (Å²) in [4.78, 5) is 19.5. The molecule has 6 heteroatoms. The SMILES string of the molecule is CCOc1ccc(Cc2cc3cc(N(C)C(=O)C4CCC4)cnc3n2CCC2CCOCC2)cc1. The van der Waals surface area contributed by atoms with Gasteiger partial charge in [-0.15, -0.1) is 0 Å². The Balaban J connectivity index is 1.42. The molecule has 1 saturated carbocycles. The van der Waals surface area contributed by atoms with E-state index in [-0.39, 0.29) is 11.8 Å². The smallest absolute Gasteiger partial charge is 0.229 e. The number of aryl methyl sites for hydroxylation is 1. The van der Waals surface area contributed by atoms with Crippen LogP contribution in [0.1, 0.15) is 56.7 Å². The molecule has 0 N–H and O–H groups in total. The highest BCUT2D eigenvalue weighted by molar-refractivity contribution is 5.96. The van der Waals surface area contributed by atoms with Crippen LogP contribution >= 0.6 is 0 Å². The number of hydrogen-bond acceptors (Lipinski definition) is 4. The molecule has 1 saturated heterocycles. The molecule has 1 aliphatic carbocycles. The van der Waals surface area contributed by atoms with Crippen LogP contribution in [0.25, 0.3) is 11.0 Å². The highest BCUT2D eigenvalue weighted by Gasteiger charge is 2.28. The number of nitrogens with zero attached hydrogens (tertiary/aromatic N) is 3. The van der Waals surface area contributed by atoms with Gasteiger partial charge >= 0.3 is 0 Å². The van der Waals surface area contributed by atoms with E-state index in [9.17, 15) is 4.79 Å². The first kappa shape index (κ1) is 23.9. The number of rotatable bonds is 9. The maximum Gasteiger partial charge on any atom is 0.229 e. The number of pyridine rings is 1. The van der Waals surface area contributed by atoms with E-state index in [4.69, 9.17) is 14.5 Å². The van der Waals surface area contributed by atoms with Gasteiger partial charge in [0, 0.05) is 50.2 Å². The molecule has 0 radical (unpaired) electrons. The zero-order valence-corrected chi connectivity index (χ0v) is 21.0. The average Bonchev–Trinajstić information content (AvgIpc) is 3.19. The van der Waals surface area contributed by atoms with Gasteiger partial charge in [0.2, 0.25) is 5.91 Å². The Kier molecular flexibility index (Phi) is 7.37. The fraction of sp³-hybridized carbons (Fsp3) is 0.517. The van der Waals surface area contributed by atoms with E-state index in [1.54, 1.807) is 4.90 Å². The van der Waals surface area contributed by atoms with Gasteiger partial charge in [-0.05, 0) is 74.8 Å². The largest absolute Gasteiger partial charge is 0.494 e. The molecule has 6 nitrogen and oxygen atoms in total. The molecule has 0 atom stereocenters. The molecule has 3 aromatic rings. The summed E-state index contributed by atoms with van der Waals surface area (Å²) in [5, 5.41) is 1.10. The van der Waals surface area contributed by atoms with Crippen LogP contribution < -0.4 is 9.64 Å². The summed E-state index contributed by atoms with van der Waals surface area (Å²) in [7, 11) is 1.88. The van der Waals surface area contributed by atoms with Crippen LogP contribution in [-0.4, -0.2) is 42.3 Å². The maximum absolute atomic E-state index is 12.8. The molecule has 2 aliphatic rings. The molecule has 2 fully saturated rings. The van der Waals surface area contributed by atoms with Crippen molar-refractivity contribution in [2.75, 3.05) is 31.8 Å². The Morgan fingerprint density at radius 3 is 2.60 bits per heavy atom. The Bertz CT molecular complexity index is 1140. The van der Waals surface area contributed by atoms with E-state index in [0.29, 0.717) is 12.5 Å². The lowest BCUT2D eigenvalue weighted by atomic mass is 9.84. The Hall–Kier alpha value is -2.86. The van der Waals surface area contributed by atoms with Gasteiger partial charge in [0.1, 0.15) is 11.4 Å². The molecular weight excluding hydrogens is 438 g/mol. The second kappa shape index (κ2) is 10.8. The van der Waals surface area contributed by atoms with E-state index in [1.165, 1.54) is 11.3 Å². The first-order valence-corrected chi connectivity index (χ1v) is 13.2. The number of anilines is 1. The molecule has 3 heterocycles. The second-order valence-electron chi connectivity index (χ2n) is 10.0. The van der Waals surface area contributed by atoms with Gasteiger partial charge in [-0.3, -0.25) is 4.79 Å². The van der Waals surface area contributed by atoms with Crippen molar-refractivity contribution in [3.05, 3.63) is 53.9 Å². The lowest BCUT2D eigenvalue weighted by Gasteiger charge is -2.29. The number of amides is 1. The van der Waals surface area contributed by atoms with E-state index < -0.39 is 0 Å². The van der Waals surface area contributed by atoms with Crippen molar-refractivity contribution in [1.29, 1.82) is 0 Å². The van der Waals surface area contributed by atoms with Gasteiger partial charge in [0.15, 0.2) is 0 Å². The van der Waals surface area contributed by atoms with Crippen molar-refractivity contribution < 1.29 is 14.3 Å². The van der Waals surface area contributed by atoms with Crippen LogP contribution in [-0.2, 0) is 22.5 Å². The van der Waals surface area contributed by atoms with Crippen molar-refractivity contribution >= 4 is 22.6 Å². The molecule has 1 amide bonds. The molecule has 0 bridgehead atoms. The highest BCUT2D eigenvalue weighted by Crippen LogP contribution is 2.31. The summed E-state index contributed by atoms with van der Waals surface area (Å²) in [5.41, 5.74) is 4.39. The second-order valence-corrected chi connectivity index (χ2v) is 10.0. The van der Waals surface area contributed by atoms with Gasteiger partial charge in [-0.1, -0.05) is 18.6 Å². The van der Waals surface area contributed by atoms with E-state index in [0.717, 1.165) is 87.2 Å². The Morgan fingerprint density at radius 2 is 1.91 bits per heavy atom. The van der Waals surface area contributed by atoms with Crippen molar-refractivity contribution in [2.24, 2.45) is 11.8 Å². The minimum atomic E-state index is 0.176. The lowest BCUT2D eigenvalue weighted by Crippen LogP contribution is -2.36. The summed E-state index contributed by atoms with van der Waals surface area (Å²) in [6.45, 7) is 5.37. The quantitative estimate of drug-likeness (QED) is 0.404. The summed E-state index contributed by atoms with van der Waals surface area (Å²) in [6, 6.07) is 12.8. The molecule has 2 aromatic heterocycles. The standard InChI is InChI=1S/C29H37N3O3/c1-3-35-27-9-7-22(8-10-27)17-25-18-24-19-26(31(2)29(33)23-5-4-6-23)20-30-28(24)32(25)14-11-21-12-15-34-16-13-21/h7-10,18-21,23H,3-6,11-17H2,1-2H3. The van der Waals surface area contributed by atoms with Crippen molar-refractivity contribution in [3.63, 3.8) is 0 Å². The number of carbonyl (C=O) groups excluding carboxylic acids is 1. The third-order valence-corrected chi connectivity index (χ3v) is 7.70. The first-order valence-electron chi connectivity index (χ1n) is 13.2. The molecule has 35 heavy (non-hydrogen) atoms. The summed E-state index contributed by atoms with van der Waals surface area (Å²) >= 11 is 0. The number of aromatic nitrogens is 2. The molecule has 0 spiro atoms. The van der Waals surface area contributed by atoms with Crippen molar-refractivity contribution in [2.45, 2.75) is 58.4 Å². The highest BCUT2D eigenvalue weighted by atomic mass is 16.5. The van der Waals surface area contributed by atoms with Crippen molar-refractivity contribution in [1.82, 2.24) is 9.55 Å².